The number of aryl methyl sites for hydroxylation is 1. The highest BCUT2D eigenvalue weighted by Crippen LogP contribution is 2.26. The van der Waals surface area contributed by atoms with Gasteiger partial charge in [0.15, 0.2) is 0 Å². The lowest BCUT2D eigenvalue weighted by atomic mass is 10.1. The van der Waals surface area contributed by atoms with Gasteiger partial charge in [0.1, 0.15) is 23.7 Å². The van der Waals surface area contributed by atoms with Crippen LogP contribution in [0.2, 0.25) is 0 Å². The Morgan fingerprint density at radius 1 is 1.29 bits per heavy atom. The van der Waals surface area contributed by atoms with E-state index in [4.69, 9.17) is 5.11 Å². The number of hydrogen-bond acceptors (Lipinski definition) is 2. The highest BCUT2D eigenvalue weighted by Gasteiger charge is 2.32. The number of halogens is 2. The number of benzene rings is 1. The van der Waals surface area contributed by atoms with Gasteiger partial charge in [-0.2, -0.15) is 0 Å². The Kier molecular flexibility index (Phi) is 4.55. The van der Waals surface area contributed by atoms with Crippen molar-refractivity contribution in [2.45, 2.75) is 38.6 Å². The standard InChI is InChI=1S/C15H17F2NO3/c1-9-6-7-11(16)13(14(9)17)15(21)18(8-12(19)20)10-4-2-3-5-10/h6-7,10H,2-5,8H2,1H3,(H,19,20). The third kappa shape index (κ3) is 3.20. The van der Waals surface area contributed by atoms with Crippen molar-refractivity contribution < 1.29 is 23.5 Å². The van der Waals surface area contributed by atoms with Crippen molar-refractivity contribution in [3.8, 4) is 0 Å². The van der Waals surface area contributed by atoms with Crippen LogP contribution < -0.4 is 0 Å². The molecule has 0 saturated heterocycles. The number of carboxylic acid groups (broad SMARTS) is 1. The maximum Gasteiger partial charge on any atom is 0.323 e. The smallest absolute Gasteiger partial charge is 0.323 e. The molecule has 1 aliphatic carbocycles. The van der Waals surface area contributed by atoms with E-state index in [2.05, 4.69) is 0 Å². The minimum atomic E-state index is -1.19. The minimum absolute atomic E-state index is 0.154. The summed E-state index contributed by atoms with van der Waals surface area (Å²) in [5, 5.41) is 8.95. The first kappa shape index (κ1) is 15.4. The molecular formula is C15H17F2NO3. The normalized spacial score (nSPS) is 15.2. The van der Waals surface area contributed by atoms with Crippen LogP contribution in [0.25, 0.3) is 0 Å². The predicted molar refractivity (Wildman–Crippen MR) is 72.0 cm³/mol. The van der Waals surface area contributed by atoms with Crippen LogP contribution in [0.3, 0.4) is 0 Å². The Balaban J connectivity index is 2.38. The molecule has 0 aliphatic heterocycles. The zero-order valence-corrected chi connectivity index (χ0v) is 11.7. The fourth-order valence-electron chi connectivity index (χ4n) is 2.72. The molecule has 1 N–H and O–H groups in total. The summed E-state index contributed by atoms with van der Waals surface area (Å²) in [5.41, 5.74) is -0.510. The van der Waals surface area contributed by atoms with Gasteiger partial charge in [0.2, 0.25) is 0 Å². The van der Waals surface area contributed by atoms with Gasteiger partial charge in [-0.25, -0.2) is 8.78 Å². The Hall–Kier alpha value is -1.98. The summed E-state index contributed by atoms with van der Waals surface area (Å²) >= 11 is 0. The molecule has 1 amide bonds. The fourth-order valence-corrected chi connectivity index (χ4v) is 2.72. The minimum Gasteiger partial charge on any atom is -0.480 e. The molecular weight excluding hydrogens is 280 g/mol. The van der Waals surface area contributed by atoms with Crippen molar-refractivity contribution in [3.63, 3.8) is 0 Å². The molecule has 1 saturated carbocycles. The molecule has 6 heteroatoms. The van der Waals surface area contributed by atoms with Crippen molar-refractivity contribution in [3.05, 3.63) is 34.9 Å². The van der Waals surface area contributed by atoms with Crippen LogP contribution in [0.5, 0.6) is 0 Å². The van der Waals surface area contributed by atoms with Gasteiger partial charge in [-0.3, -0.25) is 9.59 Å². The van der Waals surface area contributed by atoms with Gasteiger partial charge in [0, 0.05) is 6.04 Å². The van der Waals surface area contributed by atoms with E-state index < -0.39 is 35.6 Å². The third-order valence-electron chi connectivity index (χ3n) is 3.83. The maximum absolute atomic E-state index is 14.1. The van der Waals surface area contributed by atoms with E-state index in [1.54, 1.807) is 0 Å². The lowest BCUT2D eigenvalue weighted by Gasteiger charge is -2.27. The number of carbonyl (C=O) groups excluding carboxylic acids is 1. The van der Waals surface area contributed by atoms with Crippen molar-refractivity contribution in [1.82, 2.24) is 4.90 Å². The summed E-state index contributed by atoms with van der Waals surface area (Å²) < 4.78 is 27.9. The molecule has 0 radical (unpaired) electrons. The van der Waals surface area contributed by atoms with E-state index in [1.165, 1.54) is 13.0 Å². The van der Waals surface area contributed by atoms with Gasteiger partial charge in [-0.15, -0.1) is 0 Å². The number of aliphatic carboxylic acids is 1. The molecule has 4 nitrogen and oxygen atoms in total. The molecule has 0 heterocycles. The van der Waals surface area contributed by atoms with E-state index >= 15 is 0 Å². The zero-order valence-electron chi connectivity index (χ0n) is 11.7. The second-order valence-electron chi connectivity index (χ2n) is 5.32. The molecule has 1 aromatic rings. The van der Waals surface area contributed by atoms with E-state index in [9.17, 15) is 18.4 Å². The van der Waals surface area contributed by atoms with E-state index in [0.717, 1.165) is 23.8 Å². The second kappa shape index (κ2) is 6.20. The molecule has 0 atom stereocenters. The third-order valence-corrected chi connectivity index (χ3v) is 3.83. The van der Waals surface area contributed by atoms with Crippen LogP contribution in [-0.4, -0.2) is 34.5 Å². The number of carbonyl (C=O) groups is 2. The van der Waals surface area contributed by atoms with E-state index in [-0.39, 0.29) is 11.6 Å². The fraction of sp³-hybridized carbons (Fsp3) is 0.467. The van der Waals surface area contributed by atoms with Gasteiger partial charge in [0.25, 0.3) is 5.91 Å². The van der Waals surface area contributed by atoms with Gasteiger partial charge in [-0.1, -0.05) is 18.9 Å². The number of rotatable bonds is 4. The summed E-state index contributed by atoms with van der Waals surface area (Å²) in [5.74, 6) is -3.96. The summed E-state index contributed by atoms with van der Waals surface area (Å²) in [6, 6.07) is 2.01. The van der Waals surface area contributed by atoms with Crippen LogP contribution in [-0.2, 0) is 4.79 Å². The van der Waals surface area contributed by atoms with Crippen LogP contribution in [0, 0.1) is 18.6 Å². The molecule has 1 aliphatic rings. The van der Waals surface area contributed by atoms with E-state index in [0.29, 0.717) is 12.8 Å². The average molecular weight is 297 g/mol. The maximum atomic E-state index is 14.1. The van der Waals surface area contributed by atoms with Gasteiger partial charge in [-0.05, 0) is 31.4 Å². The monoisotopic (exact) mass is 297 g/mol. The van der Waals surface area contributed by atoms with Crippen LogP contribution >= 0.6 is 0 Å². The van der Waals surface area contributed by atoms with Crippen LogP contribution in [0.15, 0.2) is 12.1 Å². The average Bonchev–Trinajstić information content (AvgIpc) is 2.94. The number of hydrogen-bond donors (Lipinski definition) is 1. The molecule has 0 unspecified atom stereocenters. The van der Waals surface area contributed by atoms with Crippen molar-refractivity contribution in [1.29, 1.82) is 0 Å². The number of amides is 1. The molecule has 114 valence electrons. The summed E-state index contributed by atoms with van der Waals surface area (Å²) in [6.45, 7) is 0.888. The Bertz CT molecular complexity index is 568. The molecule has 21 heavy (non-hydrogen) atoms. The Morgan fingerprint density at radius 2 is 1.90 bits per heavy atom. The quantitative estimate of drug-likeness (QED) is 0.929. The van der Waals surface area contributed by atoms with E-state index in [1.807, 2.05) is 0 Å². The van der Waals surface area contributed by atoms with Crippen molar-refractivity contribution in [2.24, 2.45) is 0 Å². The SMILES string of the molecule is Cc1ccc(F)c(C(=O)N(CC(=O)O)C2CCCC2)c1F. The van der Waals surface area contributed by atoms with Gasteiger partial charge in [0.05, 0.1) is 0 Å². The lowest BCUT2D eigenvalue weighted by molar-refractivity contribution is -0.138. The predicted octanol–water partition coefficient (Wildman–Crippen LogP) is 2.74. The summed E-state index contributed by atoms with van der Waals surface area (Å²) in [7, 11) is 0. The molecule has 0 aromatic heterocycles. The van der Waals surface area contributed by atoms with Gasteiger partial charge >= 0.3 is 5.97 Å². The van der Waals surface area contributed by atoms with Crippen molar-refractivity contribution >= 4 is 11.9 Å². The molecule has 0 spiro atoms. The highest BCUT2D eigenvalue weighted by atomic mass is 19.1. The first-order chi connectivity index (χ1) is 9.91. The lowest BCUT2D eigenvalue weighted by Crippen LogP contribution is -2.43. The van der Waals surface area contributed by atoms with Crippen molar-refractivity contribution in [2.75, 3.05) is 6.54 Å². The molecule has 1 fully saturated rings. The largest absolute Gasteiger partial charge is 0.480 e. The molecule has 1 aromatic carbocycles. The molecule has 2 rings (SSSR count). The van der Waals surface area contributed by atoms with Gasteiger partial charge < -0.3 is 10.0 Å². The first-order valence-corrected chi connectivity index (χ1v) is 6.89. The second-order valence-corrected chi connectivity index (χ2v) is 5.32. The van der Waals surface area contributed by atoms with Crippen LogP contribution in [0.4, 0.5) is 8.78 Å². The number of nitrogens with zero attached hydrogens (tertiary/aromatic N) is 1. The highest BCUT2D eigenvalue weighted by molar-refractivity contribution is 5.96. The molecule has 0 bridgehead atoms. The first-order valence-electron chi connectivity index (χ1n) is 6.89. The zero-order chi connectivity index (χ0) is 15.6. The summed E-state index contributed by atoms with van der Waals surface area (Å²) in [4.78, 5) is 24.5. The Labute approximate surface area is 121 Å². The van der Waals surface area contributed by atoms with Crippen LogP contribution in [0.1, 0.15) is 41.6 Å². The summed E-state index contributed by atoms with van der Waals surface area (Å²) in [6.07, 6.45) is 3.09. The number of carboxylic acids is 1. The Morgan fingerprint density at radius 3 is 2.48 bits per heavy atom. The topological polar surface area (TPSA) is 57.6 Å².